The maximum absolute atomic E-state index is 11.3. The van der Waals surface area contributed by atoms with Gasteiger partial charge in [0.15, 0.2) is 5.69 Å². The van der Waals surface area contributed by atoms with Crippen molar-refractivity contribution in [3.05, 3.63) is 30.4 Å². The lowest BCUT2D eigenvalue weighted by molar-refractivity contribution is 0.0593. The van der Waals surface area contributed by atoms with E-state index in [1.165, 1.54) is 25.1 Å². The summed E-state index contributed by atoms with van der Waals surface area (Å²) in [6.07, 6.45) is 4.55. The first-order valence-corrected chi connectivity index (χ1v) is 4.75. The van der Waals surface area contributed by atoms with Crippen molar-refractivity contribution in [2.45, 2.75) is 0 Å². The number of esters is 1. The molecule has 0 saturated carbocycles. The van der Waals surface area contributed by atoms with Crippen LogP contribution in [0.4, 0.5) is 0 Å². The Hall–Kier alpha value is -2.44. The minimum absolute atomic E-state index is 0.0961. The molecule has 2 aromatic heterocycles. The van der Waals surface area contributed by atoms with Crippen LogP contribution in [-0.2, 0) is 4.74 Å². The van der Waals surface area contributed by atoms with Crippen LogP contribution in [0.2, 0.25) is 0 Å². The first-order chi connectivity index (χ1) is 8.26. The van der Waals surface area contributed by atoms with Crippen LogP contribution in [0, 0.1) is 0 Å². The summed E-state index contributed by atoms with van der Waals surface area (Å²) in [5.74, 6) is 0.0512. The fraction of sp³-hybridized carbons (Fsp3) is 0.200. The number of hydrogen-bond donors (Lipinski definition) is 0. The Morgan fingerprint density at radius 2 is 2.24 bits per heavy atom. The largest absolute Gasteiger partial charge is 0.478 e. The van der Waals surface area contributed by atoms with Gasteiger partial charge in [0.05, 0.1) is 20.4 Å². The van der Waals surface area contributed by atoms with E-state index in [0.29, 0.717) is 5.82 Å². The monoisotopic (exact) mass is 234 g/mol. The highest BCUT2D eigenvalue weighted by Crippen LogP contribution is 2.16. The molecular formula is C10H10N4O3. The van der Waals surface area contributed by atoms with Gasteiger partial charge in [-0.2, -0.15) is 5.10 Å². The average Bonchev–Trinajstić information content (AvgIpc) is 2.90. The van der Waals surface area contributed by atoms with Crippen molar-refractivity contribution in [3.8, 4) is 11.7 Å². The molecule has 7 heteroatoms. The van der Waals surface area contributed by atoms with Crippen molar-refractivity contribution in [3.63, 3.8) is 0 Å². The fourth-order valence-electron chi connectivity index (χ4n) is 1.26. The summed E-state index contributed by atoms with van der Waals surface area (Å²) in [6, 6.07) is 1.73. The van der Waals surface area contributed by atoms with E-state index in [-0.39, 0.29) is 11.6 Å². The van der Waals surface area contributed by atoms with E-state index in [0.717, 1.165) is 0 Å². The van der Waals surface area contributed by atoms with Crippen LogP contribution in [-0.4, -0.2) is 39.9 Å². The summed E-state index contributed by atoms with van der Waals surface area (Å²) >= 11 is 0. The molecule has 0 bridgehead atoms. The second-order valence-corrected chi connectivity index (χ2v) is 3.03. The predicted molar refractivity (Wildman–Crippen MR) is 57.0 cm³/mol. The van der Waals surface area contributed by atoms with Gasteiger partial charge in [0.25, 0.3) is 5.88 Å². The van der Waals surface area contributed by atoms with Crippen LogP contribution in [0.1, 0.15) is 10.5 Å². The van der Waals surface area contributed by atoms with Gasteiger partial charge in [-0.1, -0.05) is 0 Å². The van der Waals surface area contributed by atoms with Crippen molar-refractivity contribution in [2.75, 3.05) is 14.2 Å². The van der Waals surface area contributed by atoms with Crippen LogP contribution in [0.15, 0.2) is 24.7 Å². The van der Waals surface area contributed by atoms with Gasteiger partial charge in [-0.25, -0.2) is 19.4 Å². The van der Waals surface area contributed by atoms with Crippen LogP contribution < -0.4 is 4.74 Å². The van der Waals surface area contributed by atoms with Crippen LogP contribution in [0.3, 0.4) is 0 Å². The van der Waals surface area contributed by atoms with E-state index in [1.807, 2.05) is 0 Å². The fourth-order valence-corrected chi connectivity index (χ4v) is 1.26. The minimum Gasteiger partial charge on any atom is -0.478 e. The van der Waals surface area contributed by atoms with Gasteiger partial charge >= 0.3 is 5.97 Å². The Bertz CT molecular complexity index is 524. The molecule has 2 aromatic rings. The summed E-state index contributed by atoms with van der Waals surface area (Å²) in [6.45, 7) is 0. The first-order valence-electron chi connectivity index (χ1n) is 4.75. The van der Waals surface area contributed by atoms with E-state index < -0.39 is 5.97 Å². The summed E-state index contributed by atoms with van der Waals surface area (Å²) in [5, 5.41) is 4.00. The van der Waals surface area contributed by atoms with Gasteiger partial charge in [0.1, 0.15) is 0 Å². The molecule has 7 nitrogen and oxygen atoms in total. The molecule has 0 spiro atoms. The van der Waals surface area contributed by atoms with Crippen molar-refractivity contribution >= 4 is 5.97 Å². The Morgan fingerprint density at radius 1 is 1.41 bits per heavy atom. The summed E-state index contributed by atoms with van der Waals surface area (Å²) in [5.41, 5.74) is 0.0961. The SMILES string of the molecule is COC(=O)c1cnc(OC)c(-n2cccn2)n1. The third-order valence-corrected chi connectivity index (χ3v) is 2.03. The molecule has 17 heavy (non-hydrogen) atoms. The summed E-state index contributed by atoms with van der Waals surface area (Å²) in [7, 11) is 2.75. The second kappa shape index (κ2) is 4.60. The Balaban J connectivity index is 2.51. The molecule has 0 N–H and O–H groups in total. The van der Waals surface area contributed by atoms with Gasteiger partial charge < -0.3 is 9.47 Å². The lowest BCUT2D eigenvalue weighted by Gasteiger charge is -2.07. The van der Waals surface area contributed by atoms with E-state index in [1.54, 1.807) is 18.5 Å². The number of carbonyl (C=O) groups excluding carboxylic acids is 1. The average molecular weight is 234 g/mol. The molecule has 0 aliphatic rings. The number of carbonyl (C=O) groups is 1. The smallest absolute Gasteiger partial charge is 0.358 e. The molecule has 0 amide bonds. The molecule has 88 valence electrons. The highest BCUT2D eigenvalue weighted by molar-refractivity contribution is 5.87. The molecule has 0 atom stereocenters. The highest BCUT2D eigenvalue weighted by atomic mass is 16.5. The van der Waals surface area contributed by atoms with Gasteiger partial charge in [0.2, 0.25) is 5.82 Å². The predicted octanol–water partition coefficient (Wildman–Crippen LogP) is 0.457. The number of hydrogen-bond acceptors (Lipinski definition) is 6. The van der Waals surface area contributed by atoms with E-state index in [4.69, 9.17) is 4.74 Å². The van der Waals surface area contributed by atoms with Gasteiger partial charge in [-0.15, -0.1) is 0 Å². The standard InChI is InChI=1S/C10H10N4O3/c1-16-9-8(14-5-3-4-12-14)13-7(6-11-9)10(15)17-2/h3-6H,1-2H3. The molecule has 0 fully saturated rings. The summed E-state index contributed by atoms with van der Waals surface area (Å²) in [4.78, 5) is 19.4. The maximum Gasteiger partial charge on any atom is 0.358 e. The maximum atomic E-state index is 11.3. The third kappa shape index (κ3) is 2.07. The molecule has 0 radical (unpaired) electrons. The quantitative estimate of drug-likeness (QED) is 0.718. The van der Waals surface area contributed by atoms with Crippen molar-refractivity contribution in [2.24, 2.45) is 0 Å². The Morgan fingerprint density at radius 3 is 2.82 bits per heavy atom. The molecule has 2 heterocycles. The van der Waals surface area contributed by atoms with E-state index >= 15 is 0 Å². The second-order valence-electron chi connectivity index (χ2n) is 3.03. The summed E-state index contributed by atoms with van der Waals surface area (Å²) < 4.78 is 11.1. The zero-order valence-corrected chi connectivity index (χ0v) is 9.32. The molecule has 0 aliphatic carbocycles. The van der Waals surface area contributed by atoms with Crippen molar-refractivity contribution < 1.29 is 14.3 Å². The molecular weight excluding hydrogens is 224 g/mol. The zero-order chi connectivity index (χ0) is 12.3. The van der Waals surface area contributed by atoms with Gasteiger partial charge in [-0.05, 0) is 6.07 Å². The zero-order valence-electron chi connectivity index (χ0n) is 9.32. The Labute approximate surface area is 97.0 Å². The topological polar surface area (TPSA) is 79.1 Å². The van der Waals surface area contributed by atoms with Crippen molar-refractivity contribution in [1.29, 1.82) is 0 Å². The number of rotatable bonds is 3. The lowest BCUT2D eigenvalue weighted by atomic mass is 10.4. The number of methoxy groups -OCH3 is 2. The van der Waals surface area contributed by atoms with Crippen LogP contribution in [0.5, 0.6) is 5.88 Å². The van der Waals surface area contributed by atoms with E-state index in [9.17, 15) is 4.79 Å². The number of aromatic nitrogens is 4. The molecule has 0 unspecified atom stereocenters. The van der Waals surface area contributed by atoms with Crippen molar-refractivity contribution in [1.82, 2.24) is 19.7 Å². The normalized spacial score (nSPS) is 10.0. The van der Waals surface area contributed by atoms with Crippen LogP contribution in [0.25, 0.3) is 5.82 Å². The third-order valence-electron chi connectivity index (χ3n) is 2.03. The Kier molecular flexibility index (Phi) is 2.99. The van der Waals surface area contributed by atoms with E-state index in [2.05, 4.69) is 19.8 Å². The number of nitrogens with zero attached hydrogens (tertiary/aromatic N) is 4. The van der Waals surface area contributed by atoms with Gasteiger partial charge in [-0.3, -0.25) is 0 Å². The molecule has 2 rings (SSSR count). The van der Waals surface area contributed by atoms with Gasteiger partial charge in [0, 0.05) is 12.4 Å². The van der Waals surface area contributed by atoms with Crippen LogP contribution >= 0.6 is 0 Å². The molecule has 0 aromatic carbocycles. The minimum atomic E-state index is -0.562. The first kappa shape index (κ1) is 11.1. The highest BCUT2D eigenvalue weighted by Gasteiger charge is 2.15. The number of ether oxygens (including phenoxy) is 2. The lowest BCUT2D eigenvalue weighted by Crippen LogP contribution is -2.10. The molecule has 0 aliphatic heterocycles. The molecule has 0 saturated heterocycles.